The first-order valence-electron chi connectivity index (χ1n) is 5.44. The number of phosphoric acid groups is 1. The molecule has 0 bridgehead atoms. The standard InChI is InChI=1S/C9H21N2O6P/c1-11(2,3)5-7-17-18(14,15)16-6-4-8(10)9(12)13/h8H,4-7,10H2,1-3H3,(H-,12,13,14,15)/p+1/t8-/m0/s1. The first kappa shape index (κ1) is 17.5. The molecule has 0 aliphatic rings. The van der Waals surface area contributed by atoms with E-state index < -0.39 is 19.8 Å². The number of carboxylic acid groups (broad SMARTS) is 1. The number of carbonyl (C=O) groups is 1. The van der Waals surface area contributed by atoms with E-state index in [0.717, 1.165) is 0 Å². The molecule has 0 radical (unpaired) electrons. The molecule has 108 valence electrons. The van der Waals surface area contributed by atoms with E-state index in [1.165, 1.54) is 0 Å². The molecule has 0 aromatic carbocycles. The third-order valence-electron chi connectivity index (χ3n) is 2.02. The summed E-state index contributed by atoms with van der Waals surface area (Å²) in [5, 5.41) is 8.50. The minimum atomic E-state index is -4.12. The van der Waals surface area contributed by atoms with E-state index >= 15 is 0 Å². The van der Waals surface area contributed by atoms with Gasteiger partial charge in [-0.3, -0.25) is 13.8 Å². The summed E-state index contributed by atoms with van der Waals surface area (Å²) in [6.45, 7) is 0.371. The lowest BCUT2D eigenvalue weighted by Crippen LogP contribution is -2.37. The average Bonchev–Trinajstić information content (AvgIpc) is 2.14. The smallest absolute Gasteiger partial charge is 0.472 e. The van der Waals surface area contributed by atoms with Crippen molar-refractivity contribution in [3.8, 4) is 0 Å². The Morgan fingerprint density at radius 1 is 1.33 bits per heavy atom. The molecular weight excluding hydrogens is 263 g/mol. The number of hydrogen-bond donors (Lipinski definition) is 3. The average molecular weight is 285 g/mol. The lowest BCUT2D eigenvalue weighted by atomic mass is 10.2. The van der Waals surface area contributed by atoms with Crippen LogP contribution in [0.1, 0.15) is 6.42 Å². The number of rotatable bonds is 9. The van der Waals surface area contributed by atoms with E-state index in [9.17, 15) is 14.3 Å². The van der Waals surface area contributed by atoms with Crippen molar-refractivity contribution in [3.63, 3.8) is 0 Å². The topological polar surface area (TPSA) is 119 Å². The molecule has 0 saturated heterocycles. The minimum Gasteiger partial charge on any atom is -0.480 e. The molecule has 0 aromatic heterocycles. The number of nitrogens with zero attached hydrogens (tertiary/aromatic N) is 1. The van der Waals surface area contributed by atoms with Crippen LogP contribution in [0.15, 0.2) is 0 Å². The second-order valence-electron chi connectivity index (χ2n) is 4.88. The first-order chi connectivity index (χ1) is 8.03. The van der Waals surface area contributed by atoms with Crippen LogP contribution >= 0.6 is 7.82 Å². The highest BCUT2D eigenvalue weighted by molar-refractivity contribution is 7.47. The SMILES string of the molecule is C[N+](C)(C)CCOP(=O)(O)OCC[C@H](N)C(=O)O. The van der Waals surface area contributed by atoms with Crippen LogP contribution in [0.4, 0.5) is 0 Å². The molecular formula is C9H22N2O6P+. The summed E-state index contributed by atoms with van der Waals surface area (Å²) in [5.41, 5.74) is 5.21. The van der Waals surface area contributed by atoms with Gasteiger partial charge in [0.1, 0.15) is 19.2 Å². The first-order valence-corrected chi connectivity index (χ1v) is 6.94. The van der Waals surface area contributed by atoms with Gasteiger partial charge in [0.25, 0.3) is 0 Å². The Bertz CT molecular complexity index is 317. The number of likely N-dealkylation sites (N-methyl/N-ethyl adjacent to an activating group) is 1. The molecule has 0 aliphatic carbocycles. The van der Waals surface area contributed by atoms with E-state index in [1.54, 1.807) is 0 Å². The summed E-state index contributed by atoms with van der Waals surface area (Å²) in [5.74, 6) is -1.18. The third-order valence-corrected chi connectivity index (χ3v) is 3.03. The van der Waals surface area contributed by atoms with Crippen molar-refractivity contribution in [2.75, 3.05) is 40.9 Å². The van der Waals surface area contributed by atoms with Gasteiger partial charge in [-0.25, -0.2) is 4.57 Å². The zero-order chi connectivity index (χ0) is 14.4. The zero-order valence-electron chi connectivity index (χ0n) is 10.9. The molecule has 0 rings (SSSR count). The highest BCUT2D eigenvalue weighted by atomic mass is 31.2. The molecule has 9 heteroatoms. The van der Waals surface area contributed by atoms with Crippen LogP contribution in [0.5, 0.6) is 0 Å². The Balaban J connectivity index is 3.87. The maximum Gasteiger partial charge on any atom is 0.472 e. The van der Waals surface area contributed by atoms with Crippen molar-refractivity contribution in [1.29, 1.82) is 0 Å². The fraction of sp³-hybridized carbons (Fsp3) is 0.889. The molecule has 0 aromatic rings. The Kier molecular flexibility index (Phi) is 6.98. The summed E-state index contributed by atoms with van der Waals surface area (Å²) in [6.07, 6.45) is -0.0570. The van der Waals surface area contributed by atoms with Crippen molar-refractivity contribution in [2.24, 2.45) is 5.73 Å². The lowest BCUT2D eigenvalue weighted by molar-refractivity contribution is -0.870. The van der Waals surface area contributed by atoms with Crippen molar-refractivity contribution >= 4 is 13.8 Å². The van der Waals surface area contributed by atoms with Crippen molar-refractivity contribution in [3.05, 3.63) is 0 Å². The Hall–Kier alpha value is -0.500. The van der Waals surface area contributed by atoms with Gasteiger partial charge in [0, 0.05) is 0 Å². The number of quaternary nitrogens is 1. The van der Waals surface area contributed by atoms with E-state index in [4.69, 9.17) is 15.4 Å². The summed E-state index contributed by atoms with van der Waals surface area (Å²) < 4.78 is 21.3. The Labute approximate surface area is 106 Å². The van der Waals surface area contributed by atoms with Gasteiger partial charge in [-0.05, 0) is 6.42 Å². The molecule has 0 saturated carbocycles. The maximum atomic E-state index is 11.4. The van der Waals surface area contributed by atoms with Crippen LogP contribution < -0.4 is 5.73 Å². The molecule has 2 atom stereocenters. The molecule has 0 spiro atoms. The summed E-state index contributed by atoms with van der Waals surface area (Å²) in [7, 11) is 1.62. The second kappa shape index (κ2) is 7.18. The van der Waals surface area contributed by atoms with Crippen molar-refractivity contribution < 1.29 is 32.9 Å². The van der Waals surface area contributed by atoms with Gasteiger partial charge in [0.05, 0.1) is 27.7 Å². The quantitative estimate of drug-likeness (QED) is 0.390. The van der Waals surface area contributed by atoms with E-state index in [1.807, 2.05) is 21.1 Å². The lowest BCUT2D eigenvalue weighted by Gasteiger charge is -2.24. The number of carboxylic acids is 1. The summed E-state index contributed by atoms with van der Waals surface area (Å²) in [4.78, 5) is 19.7. The summed E-state index contributed by atoms with van der Waals surface area (Å²) >= 11 is 0. The maximum absolute atomic E-state index is 11.4. The van der Waals surface area contributed by atoms with Crippen LogP contribution in [0.3, 0.4) is 0 Å². The largest absolute Gasteiger partial charge is 0.480 e. The zero-order valence-corrected chi connectivity index (χ0v) is 11.8. The van der Waals surface area contributed by atoms with Crippen molar-refractivity contribution in [1.82, 2.24) is 0 Å². The molecule has 0 fully saturated rings. The van der Waals surface area contributed by atoms with E-state index in [-0.39, 0.29) is 19.6 Å². The monoisotopic (exact) mass is 285 g/mol. The number of nitrogens with two attached hydrogens (primary N) is 1. The van der Waals surface area contributed by atoms with E-state index in [2.05, 4.69) is 4.52 Å². The normalized spacial score (nSPS) is 17.2. The van der Waals surface area contributed by atoms with Crippen molar-refractivity contribution in [2.45, 2.75) is 12.5 Å². The second-order valence-corrected chi connectivity index (χ2v) is 6.34. The van der Waals surface area contributed by atoms with Gasteiger partial charge >= 0.3 is 13.8 Å². The Morgan fingerprint density at radius 3 is 2.28 bits per heavy atom. The van der Waals surface area contributed by atoms with Crippen LogP contribution in [-0.4, -0.2) is 67.4 Å². The highest BCUT2D eigenvalue weighted by Gasteiger charge is 2.23. The van der Waals surface area contributed by atoms with Crippen LogP contribution in [-0.2, 0) is 18.4 Å². The molecule has 4 N–H and O–H groups in total. The number of phosphoric ester groups is 1. The predicted molar refractivity (Wildman–Crippen MR) is 64.9 cm³/mol. The minimum absolute atomic E-state index is 0.0570. The highest BCUT2D eigenvalue weighted by Crippen LogP contribution is 2.43. The molecule has 0 aliphatic heterocycles. The van der Waals surface area contributed by atoms with Crippen LogP contribution in [0.25, 0.3) is 0 Å². The van der Waals surface area contributed by atoms with Crippen LogP contribution in [0, 0.1) is 0 Å². The van der Waals surface area contributed by atoms with Gasteiger partial charge in [-0.1, -0.05) is 0 Å². The summed E-state index contributed by atoms with van der Waals surface area (Å²) in [6, 6.07) is -1.11. The molecule has 0 heterocycles. The molecule has 0 amide bonds. The predicted octanol–water partition coefficient (Wildman–Crippen LogP) is -0.372. The van der Waals surface area contributed by atoms with Gasteiger partial charge in [0.15, 0.2) is 0 Å². The van der Waals surface area contributed by atoms with E-state index in [0.29, 0.717) is 11.0 Å². The fourth-order valence-corrected chi connectivity index (χ4v) is 1.61. The van der Waals surface area contributed by atoms with Gasteiger partial charge in [-0.2, -0.15) is 0 Å². The number of hydrogen-bond acceptors (Lipinski definition) is 5. The van der Waals surface area contributed by atoms with Crippen LogP contribution in [0.2, 0.25) is 0 Å². The van der Waals surface area contributed by atoms with Gasteiger partial charge in [0.2, 0.25) is 0 Å². The molecule has 18 heavy (non-hydrogen) atoms. The molecule has 1 unspecified atom stereocenters. The van der Waals surface area contributed by atoms with Gasteiger partial charge < -0.3 is 20.2 Å². The number of aliphatic carboxylic acids is 1. The molecule has 8 nitrogen and oxygen atoms in total. The Morgan fingerprint density at radius 2 is 1.83 bits per heavy atom. The third kappa shape index (κ3) is 9.52. The van der Waals surface area contributed by atoms with Gasteiger partial charge in [-0.15, -0.1) is 0 Å². The fourth-order valence-electron chi connectivity index (χ4n) is 0.886.